The molecule has 0 atom stereocenters. The van der Waals surface area contributed by atoms with Crippen LogP contribution in [0.15, 0.2) is 28.1 Å². The minimum Gasteiger partial charge on any atom is -0.478 e. The number of halogens is 1. The molecule has 2 aromatic rings. The minimum atomic E-state index is -0.924. The number of aryl methyl sites for hydroxylation is 1. The number of hydrogen-bond donors (Lipinski definition) is 2. The maximum absolute atomic E-state index is 11.1. The molecule has 0 aromatic carbocycles. The highest BCUT2D eigenvalue weighted by atomic mass is 79.9. The van der Waals surface area contributed by atoms with Gasteiger partial charge in [-0.1, -0.05) is 6.92 Å². The van der Waals surface area contributed by atoms with Gasteiger partial charge in [-0.15, -0.1) is 11.3 Å². The van der Waals surface area contributed by atoms with E-state index in [2.05, 4.69) is 32.3 Å². The van der Waals surface area contributed by atoms with Crippen molar-refractivity contribution in [2.45, 2.75) is 19.8 Å². The van der Waals surface area contributed by atoms with Gasteiger partial charge in [-0.2, -0.15) is 0 Å². The zero-order valence-corrected chi connectivity index (χ0v) is 13.4. The molecule has 0 aliphatic carbocycles. The summed E-state index contributed by atoms with van der Waals surface area (Å²) >= 11 is 5.13. The third kappa shape index (κ3) is 4.05. The van der Waals surface area contributed by atoms with Gasteiger partial charge in [0, 0.05) is 17.1 Å². The molecule has 2 aromatic heterocycles. The number of nitrogens with zero attached hydrogens (tertiary/aromatic N) is 1. The fourth-order valence-corrected chi connectivity index (χ4v) is 3.27. The summed E-state index contributed by atoms with van der Waals surface area (Å²) in [4.78, 5) is 16.7. The van der Waals surface area contributed by atoms with Crippen molar-refractivity contribution in [2.24, 2.45) is 0 Å². The van der Waals surface area contributed by atoms with Gasteiger partial charge in [-0.3, -0.25) is 0 Å². The number of hydrogen-bond acceptors (Lipinski definition) is 4. The Morgan fingerprint density at radius 2 is 2.25 bits per heavy atom. The summed E-state index contributed by atoms with van der Waals surface area (Å²) in [6, 6.07) is 7.29. The number of pyridine rings is 1. The van der Waals surface area contributed by atoms with Gasteiger partial charge in [0.15, 0.2) is 0 Å². The minimum absolute atomic E-state index is 0.276. The van der Waals surface area contributed by atoms with Crippen molar-refractivity contribution < 1.29 is 9.90 Å². The lowest BCUT2D eigenvalue weighted by Gasteiger charge is -2.08. The predicted octanol–water partition coefficient (Wildman–Crippen LogP) is 3.82. The van der Waals surface area contributed by atoms with Crippen LogP contribution in [0, 0.1) is 0 Å². The maximum atomic E-state index is 11.1. The van der Waals surface area contributed by atoms with Crippen molar-refractivity contribution in [1.82, 2.24) is 4.98 Å². The number of carbonyl (C=O) groups is 1. The Bertz CT molecular complexity index is 613. The SMILES string of the molecule is CCc1cc(C(=O)O)cc(NCCc2ccc(Br)s2)n1. The highest BCUT2D eigenvalue weighted by Crippen LogP contribution is 2.22. The molecule has 2 heterocycles. The Kier molecular flexibility index (Phi) is 5.14. The summed E-state index contributed by atoms with van der Waals surface area (Å²) < 4.78 is 1.12. The predicted molar refractivity (Wildman–Crippen MR) is 84.8 cm³/mol. The van der Waals surface area contributed by atoms with Crippen LogP contribution in [-0.2, 0) is 12.8 Å². The molecular weight excluding hydrogens is 340 g/mol. The lowest BCUT2D eigenvalue weighted by Crippen LogP contribution is -2.08. The highest BCUT2D eigenvalue weighted by Gasteiger charge is 2.07. The maximum Gasteiger partial charge on any atom is 0.335 e. The first-order chi connectivity index (χ1) is 9.58. The van der Waals surface area contributed by atoms with Crippen LogP contribution in [0.4, 0.5) is 5.82 Å². The topological polar surface area (TPSA) is 62.2 Å². The van der Waals surface area contributed by atoms with E-state index in [0.717, 1.165) is 22.4 Å². The second-order valence-corrected chi connectivity index (χ2v) is 6.82. The second kappa shape index (κ2) is 6.85. The third-order valence-electron chi connectivity index (χ3n) is 2.79. The number of aromatic nitrogens is 1. The summed E-state index contributed by atoms with van der Waals surface area (Å²) in [5.74, 6) is -0.301. The van der Waals surface area contributed by atoms with Gasteiger partial charge in [0.05, 0.1) is 9.35 Å². The Hall–Kier alpha value is -1.40. The van der Waals surface area contributed by atoms with Gasteiger partial charge in [-0.05, 0) is 53.0 Å². The molecule has 0 bridgehead atoms. The van der Waals surface area contributed by atoms with Crippen molar-refractivity contribution in [3.05, 3.63) is 44.2 Å². The molecule has 0 aliphatic rings. The molecule has 0 spiro atoms. The van der Waals surface area contributed by atoms with E-state index in [9.17, 15) is 4.79 Å². The molecule has 0 saturated carbocycles. The summed E-state index contributed by atoms with van der Waals surface area (Å²) in [6.45, 7) is 2.69. The van der Waals surface area contributed by atoms with Crippen LogP contribution < -0.4 is 5.32 Å². The van der Waals surface area contributed by atoms with E-state index in [4.69, 9.17) is 5.11 Å². The van der Waals surface area contributed by atoms with Gasteiger partial charge in [0.25, 0.3) is 0 Å². The zero-order valence-electron chi connectivity index (χ0n) is 11.0. The van der Waals surface area contributed by atoms with E-state index in [1.54, 1.807) is 23.5 Å². The van der Waals surface area contributed by atoms with Gasteiger partial charge >= 0.3 is 5.97 Å². The molecule has 0 amide bonds. The van der Waals surface area contributed by atoms with Crippen molar-refractivity contribution in [3.63, 3.8) is 0 Å². The molecule has 0 saturated heterocycles. The van der Waals surface area contributed by atoms with Crippen LogP contribution in [0.5, 0.6) is 0 Å². The average Bonchev–Trinajstić information content (AvgIpc) is 2.84. The van der Waals surface area contributed by atoms with Gasteiger partial charge in [-0.25, -0.2) is 9.78 Å². The van der Waals surface area contributed by atoms with Gasteiger partial charge in [0.2, 0.25) is 0 Å². The van der Waals surface area contributed by atoms with Crippen molar-refractivity contribution in [1.29, 1.82) is 0 Å². The second-order valence-electron chi connectivity index (χ2n) is 4.27. The molecule has 0 aliphatic heterocycles. The number of aromatic carboxylic acids is 1. The molecule has 6 heteroatoms. The number of anilines is 1. The number of nitrogens with one attached hydrogen (secondary N) is 1. The monoisotopic (exact) mass is 354 g/mol. The third-order valence-corrected chi connectivity index (χ3v) is 4.48. The molecule has 2 N–H and O–H groups in total. The van der Waals surface area contributed by atoms with Crippen LogP contribution in [0.3, 0.4) is 0 Å². The van der Waals surface area contributed by atoms with E-state index < -0.39 is 5.97 Å². The Morgan fingerprint density at radius 3 is 2.85 bits per heavy atom. The number of thiophene rings is 1. The number of carboxylic acid groups (broad SMARTS) is 1. The van der Waals surface area contributed by atoms with E-state index in [1.165, 1.54) is 4.88 Å². The Morgan fingerprint density at radius 1 is 1.45 bits per heavy atom. The Labute approximate surface area is 130 Å². The quantitative estimate of drug-likeness (QED) is 0.827. The summed E-state index contributed by atoms with van der Waals surface area (Å²) in [7, 11) is 0. The van der Waals surface area contributed by atoms with Crippen molar-refractivity contribution >= 4 is 39.1 Å². The molecule has 0 radical (unpaired) electrons. The zero-order chi connectivity index (χ0) is 14.5. The van der Waals surface area contributed by atoms with E-state index >= 15 is 0 Å². The molecule has 106 valence electrons. The van der Waals surface area contributed by atoms with E-state index in [-0.39, 0.29) is 5.56 Å². The van der Waals surface area contributed by atoms with Crippen LogP contribution in [0.2, 0.25) is 0 Å². The fraction of sp³-hybridized carbons (Fsp3) is 0.286. The normalized spacial score (nSPS) is 10.5. The summed E-state index contributed by atoms with van der Waals surface area (Å²) in [5.41, 5.74) is 1.06. The lowest BCUT2D eigenvalue weighted by molar-refractivity contribution is 0.0696. The van der Waals surface area contributed by atoms with Crippen LogP contribution >= 0.6 is 27.3 Å². The molecular formula is C14H15BrN2O2S. The summed E-state index contributed by atoms with van der Waals surface area (Å²) in [6.07, 6.45) is 1.60. The summed E-state index contributed by atoms with van der Waals surface area (Å²) in [5, 5.41) is 12.3. The first-order valence-corrected chi connectivity index (χ1v) is 7.91. The van der Waals surface area contributed by atoms with E-state index in [1.807, 2.05) is 13.0 Å². The standard InChI is InChI=1S/C14H15BrN2O2S/c1-2-10-7-9(14(18)19)8-13(17-10)16-6-5-11-3-4-12(15)20-11/h3-4,7-8H,2,5-6H2,1H3,(H,16,17)(H,18,19). The largest absolute Gasteiger partial charge is 0.478 e. The fourth-order valence-electron chi connectivity index (χ4n) is 1.78. The molecule has 20 heavy (non-hydrogen) atoms. The molecule has 4 nitrogen and oxygen atoms in total. The van der Waals surface area contributed by atoms with Crippen LogP contribution in [0.25, 0.3) is 0 Å². The molecule has 0 unspecified atom stereocenters. The average molecular weight is 355 g/mol. The van der Waals surface area contributed by atoms with E-state index in [0.29, 0.717) is 12.2 Å². The Balaban J connectivity index is 2.01. The first kappa shape index (κ1) is 15.0. The molecule has 0 fully saturated rings. The first-order valence-electron chi connectivity index (χ1n) is 6.31. The number of carboxylic acids is 1. The smallest absolute Gasteiger partial charge is 0.335 e. The lowest BCUT2D eigenvalue weighted by atomic mass is 10.2. The number of rotatable bonds is 6. The molecule has 2 rings (SSSR count). The highest BCUT2D eigenvalue weighted by molar-refractivity contribution is 9.11. The van der Waals surface area contributed by atoms with Crippen molar-refractivity contribution in [2.75, 3.05) is 11.9 Å². The van der Waals surface area contributed by atoms with Crippen molar-refractivity contribution in [3.8, 4) is 0 Å². The van der Waals surface area contributed by atoms with Crippen LogP contribution in [-0.4, -0.2) is 22.6 Å². The van der Waals surface area contributed by atoms with Gasteiger partial charge in [0.1, 0.15) is 5.82 Å². The van der Waals surface area contributed by atoms with Crippen LogP contribution in [0.1, 0.15) is 27.9 Å². The van der Waals surface area contributed by atoms with Gasteiger partial charge < -0.3 is 10.4 Å².